The molecule has 0 aliphatic heterocycles. The van der Waals surface area contributed by atoms with Gasteiger partial charge in [-0.05, 0) is 25.1 Å². The fraction of sp³-hybridized carbons (Fsp3) is 0.400. The summed E-state index contributed by atoms with van der Waals surface area (Å²) in [6, 6.07) is 3.68. The van der Waals surface area contributed by atoms with Gasteiger partial charge in [-0.25, -0.2) is 9.97 Å². The first-order chi connectivity index (χ1) is 10.3. The van der Waals surface area contributed by atoms with E-state index in [0.717, 1.165) is 23.4 Å². The van der Waals surface area contributed by atoms with E-state index in [2.05, 4.69) is 27.2 Å². The molecule has 6 nitrogen and oxygen atoms in total. The SMILES string of the molecule is CCCOc1cncc(C(NC)c2cc(OC)ncn2)c1. The van der Waals surface area contributed by atoms with Crippen LogP contribution in [0, 0.1) is 0 Å². The summed E-state index contributed by atoms with van der Waals surface area (Å²) in [5.41, 5.74) is 1.80. The summed E-state index contributed by atoms with van der Waals surface area (Å²) in [4.78, 5) is 12.6. The highest BCUT2D eigenvalue weighted by Gasteiger charge is 2.15. The molecule has 0 saturated heterocycles. The molecule has 0 fully saturated rings. The molecular formula is C15H20N4O2. The van der Waals surface area contributed by atoms with Crippen molar-refractivity contribution in [2.24, 2.45) is 0 Å². The molecule has 1 unspecified atom stereocenters. The van der Waals surface area contributed by atoms with Crippen LogP contribution >= 0.6 is 0 Å². The number of rotatable bonds is 7. The summed E-state index contributed by atoms with van der Waals surface area (Å²) in [5, 5.41) is 3.23. The van der Waals surface area contributed by atoms with E-state index >= 15 is 0 Å². The van der Waals surface area contributed by atoms with Crippen molar-refractivity contribution in [3.8, 4) is 11.6 Å². The van der Waals surface area contributed by atoms with Crippen LogP contribution in [0.25, 0.3) is 0 Å². The molecule has 0 saturated carbocycles. The first-order valence-corrected chi connectivity index (χ1v) is 6.89. The number of hydrogen-bond donors (Lipinski definition) is 1. The molecule has 0 radical (unpaired) electrons. The summed E-state index contributed by atoms with van der Waals surface area (Å²) in [6.45, 7) is 2.75. The molecule has 0 aliphatic carbocycles. The van der Waals surface area contributed by atoms with Gasteiger partial charge in [0.05, 0.1) is 31.6 Å². The van der Waals surface area contributed by atoms with Gasteiger partial charge in [0.2, 0.25) is 5.88 Å². The van der Waals surface area contributed by atoms with Gasteiger partial charge in [0.15, 0.2) is 0 Å². The molecule has 2 aromatic heterocycles. The van der Waals surface area contributed by atoms with E-state index in [4.69, 9.17) is 9.47 Å². The molecule has 0 aliphatic rings. The lowest BCUT2D eigenvalue weighted by Gasteiger charge is -2.17. The first kappa shape index (κ1) is 15.2. The van der Waals surface area contributed by atoms with Crippen LogP contribution in [0.5, 0.6) is 11.6 Å². The average molecular weight is 288 g/mol. The molecule has 2 rings (SSSR count). The van der Waals surface area contributed by atoms with Crippen LogP contribution in [0.2, 0.25) is 0 Å². The van der Waals surface area contributed by atoms with E-state index in [0.29, 0.717) is 12.5 Å². The van der Waals surface area contributed by atoms with Gasteiger partial charge >= 0.3 is 0 Å². The Labute approximate surface area is 124 Å². The number of aromatic nitrogens is 3. The molecule has 2 aromatic rings. The number of ether oxygens (including phenoxy) is 2. The van der Waals surface area contributed by atoms with Gasteiger partial charge in [0.1, 0.15) is 12.1 Å². The number of pyridine rings is 1. The van der Waals surface area contributed by atoms with Gasteiger partial charge < -0.3 is 14.8 Å². The summed E-state index contributed by atoms with van der Waals surface area (Å²) in [7, 11) is 3.46. The third-order valence-electron chi connectivity index (χ3n) is 3.00. The number of hydrogen-bond acceptors (Lipinski definition) is 6. The van der Waals surface area contributed by atoms with E-state index in [9.17, 15) is 0 Å². The molecule has 0 spiro atoms. The van der Waals surface area contributed by atoms with Crippen LogP contribution in [0.1, 0.15) is 30.6 Å². The number of nitrogens with zero attached hydrogens (tertiary/aromatic N) is 3. The van der Waals surface area contributed by atoms with Crippen molar-refractivity contribution in [1.29, 1.82) is 0 Å². The quantitative estimate of drug-likeness (QED) is 0.840. The molecule has 2 heterocycles. The van der Waals surface area contributed by atoms with Gasteiger partial charge in [0, 0.05) is 12.3 Å². The average Bonchev–Trinajstić information content (AvgIpc) is 2.54. The Balaban J connectivity index is 2.27. The molecule has 21 heavy (non-hydrogen) atoms. The topological polar surface area (TPSA) is 69.2 Å². The smallest absolute Gasteiger partial charge is 0.216 e. The van der Waals surface area contributed by atoms with E-state index < -0.39 is 0 Å². The predicted molar refractivity (Wildman–Crippen MR) is 79.5 cm³/mol. The summed E-state index contributed by atoms with van der Waals surface area (Å²) in [6.07, 6.45) is 5.97. The molecule has 0 aromatic carbocycles. The lowest BCUT2D eigenvalue weighted by molar-refractivity contribution is 0.315. The Kier molecular flexibility index (Phi) is 5.45. The zero-order chi connectivity index (χ0) is 15.1. The summed E-state index contributed by atoms with van der Waals surface area (Å²) in [5.74, 6) is 1.29. The van der Waals surface area contributed by atoms with Crippen molar-refractivity contribution in [2.45, 2.75) is 19.4 Å². The maximum absolute atomic E-state index is 5.62. The number of methoxy groups -OCH3 is 1. The van der Waals surface area contributed by atoms with Crippen molar-refractivity contribution in [1.82, 2.24) is 20.3 Å². The minimum absolute atomic E-state index is 0.0976. The van der Waals surface area contributed by atoms with Crippen LogP contribution < -0.4 is 14.8 Å². The van der Waals surface area contributed by atoms with Crippen molar-refractivity contribution in [3.05, 3.63) is 42.1 Å². The summed E-state index contributed by atoms with van der Waals surface area (Å²) < 4.78 is 10.8. The molecule has 0 amide bonds. The second kappa shape index (κ2) is 7.54. The largest absolute Gasteiger partial charge is 0.492 e. The third-order valence-corrected chi connectivity index (χ3v) is 3.00. The first-order valence-electron chi connectivity index (χ1n) is 6.89. The highest BCUT2D eigenvalue weighted by molar-refractivity contribution is 5.32. The lowest BCUT2D eigenvalue weighted by atomic mass is 10.1. The third kappa shape index (κ3) is 3.88. The van der Waals surface area contributed by atoms with E-state index in [-0.39, 0.29) is 6.04 Å². The zero-order valence-corrected chi connectivity index (χ0v) is 12.5. The van der Waals surface area contributed by atoms with Gasteiger partial charge in [-0.2, -0.15) is 0 Å². The zero-order valence-electron chi connectivity index (χ0n) is 12.5. The maximum Gasteiger partial charge on any atom is 0.216 e. The van der Waals surface area contributed by atoms with Crippen molar-refractivity contribution < 1.29 is 9.47 Å². The van der Waals surface area contributed by atoms with Crippen molar-refractivity contribution in [3.63, 3.8) is 0 Å². The van der Waals surface area contributed by atoms with Crippen LogP contribution in [0.3, 0.4) is 0 Å². The van der Waals surface area contributed by atoms with E-state index in [1.807, 2.05) is 13.1 Å². The monoisotopic (exact) mass is 288 g/mol. The molecule has 1 atom stereocenters. The Morgan fingerprint density at radius 1 is 1.24 bits per heavy atom. The lowest BCUT2D eigenvalue weighted by Crippen LogP contribution is -2.19. The Bertz CT molecular complexity index is 577. The minimum Gasteiger partial charge on any atom is -0.492 e. The molecule has 1 N–H and O–H groups in total. The van der Waals surface area contributed by atoms with Crippen molar-refractivity contribution in [2.75, 3.05) is 20.8 Å². The fourth-order valence-electron chi connectivity index (χ4n) is 2.00. The predicted octanol–water partition coefficient (Wildman–Crippen LogP) is 1.98. The molecule has 112 valence electrons. The number of nitrogens with one attached hydrogen (secondary N) is 1. The fourth-order valence-corrected chi connectivity index (χ4v) is 2.00. The van der Waals surface area contributed by atoms with Gasteiger partial charge in [0.25, 0.3) is 0 Å². The molecule has 6 heteroatoms. The highest BCUT2D eigenvalue weighted by atomic mass is 16.5. The standard InChI is InChI=1S/C15H20N4O2/c1-4-5-21-12-6-11(8-17-9-12)15(16-2)13-7-14(20-3)19-10-18-13/h6-10,15-16H,4-5H2,1-3H3. The van der Waals surface area contributed by atoms with E-state index in [1.54, 1.807) is 25.6 Å². The van der Waals surface area contributed by atoms with Crippen LogP contribution in [0.4, 0.5) is 0 Å². The Hall–Kier alpha value is -2.21. The van der Waals surface area contributed by atoms with Gasteiger partial charge in [-0.1, -0.05) is 6.92 Å². The maximum atomic E-state index is 5.62. The van der Waals surface area contributed by atoms with Gasteiger partial charge in [-0.15, -0.1) is 0 Å². The minimum atomic E-state index is -0.0976. The molecular weight excluding hydrogens is 268 g/mol. The van der Waals surface area contributed by atoms with Gasteiger partial charge in [-0.3, -0.25) is 4.98 Å². The van der Waals surface area contributed by atoms with Crippen LogP contribution in [-0.4, -0.2) is 35.7 Å². The highest BCUT2D eigenvalue weighted by Crippen LogP contribution is 2.24. The molecule has 0 bridgehead atoms. The Morgan fingerprint density at radius 3 is 2.81 bits per heavy atom. The summed E-state index contributed by atoms with van der Waals surface area (Å²) >= 11 is 0. The van der Waals surface area contributed by atoms with Crippen LogP contribution in [0.15, 0.2) is 30.9 Å². The second-order valence-corrected chi connectivity index (χ2v) is 4.51. The van der Waals surface area contributed by atoms with Crippen molar-refractivity contribution >= 4 is 0 Å². The normalized spacial score (nSPS) is 12.0. The Morgan fingerprint density at radius 2 is 2.10 bits per heavy atom. The second-order valence-electron chi connectivity index (χ2n) is 4.51. The van der Waals surface area contributed by atoms with E-state index in [1.165, 1.54) is 6.33 Å². The van der Waals surface area contributed by atoms with Crippen LogP contribution in [-0.2, 0) is 0 Å².